The molecule has 0 radical (unpaired) electrons. The summed E-state index contributed by atoms with van der Waals surface area (Å²) in [6.45, 7) is 0. The van der Waals surface area contributed by atoms with Crippen molar-refractivity contribution in [1.82, 2.24) is 9.97 Å². The van der Waals surface area contributed by atoms with Gasteiger partial charge in [0.1, 0.15) is 5.69 Å². The van der Waals surface area contributed by atoms with Crippen molar-refractivity contribution >= 4 is 11.9 Å². The van der Waals surface area contributed by atoms with Gasteiger partial charge in [0.25, 0.3) is 0 Å². The second-order valence-corrected chi connectivity index (χ2v) is 2.79. The summed E-state index contributed by atoms with van der Waals surface area (Å²) in [5.41, 5.74) is 0.523. The first-order valence-electron chi connectivity index (χ1n) is 4.34. The standard InChI is InChI=1S/2C5H5NO2/c7-5(8)4-1-2-6-3-4;7-5(8)4-2-1-3-6-4/h2*1-3,6H,(H,7,8). The second kappa shape index (κ2) is 5.40. The Morgan fingerprint density at radius 1 is 1.06 bits per heavy atom. The van der Waals surface area contributed by atoms with E-state index < -0.39 is 11.9 Å². The van der Waals surface area contributed by atoms with Crippen molar-refractivity contribution in [1.29, 1.82) is 0 Å². The number of hydrogen-bond donors (Lipinski definition) is 4. The van der Waals surface area contributed by atoms with E-state index in [4.69, 9.17) is 10.2 Å². The van der Waals surface area contributed by atoms with E-state index in [1.54, 1.807) is 18.5 Å². The van der Waals surface area contributed by atoms with E-state index in [0.29, 0.717) is 5.56 Å². The van der Waals surface area contributed by atoms with Crippen LogP contribution >= 0.6 is 0 Å². The molecule has 0 saturated heterocycles. The molecule has 0 fully saturated rings. The Balaban J connectivity index is 0.000000160. The first-order chi connectivity index (χ1) is 7.61. The van der Waals surface area contributed by atoms with Gasteiger partial charge in [0, 0.05) is 18.6 Å². The molecule has 0 spiro atoms. The van der Waals surface area contributed by atoms with Crippen molar-refractivity contribution in [2.24, 2.45) is 0 Å². The van der Waals surface area contributed by atoms with Crippen LogP contribution in [0.4, 0.5) is 0 Å². The monoisotopic (exact) mass is 222 g/mol. The summed E-state index contributed by atoms with van der Waals surface area (Å²) in [4.78, 5) is 25.2. The van der Waals surface area contributed by atoms with Gasteiger partial charge in [-0.25, -0.2) is 9.59 Å². The van der Waals surface area contributed by atoms with E-state index >= 15 is 0 Å². The van der Waals surface area contributed by atoms with E-state index in [-0.39, 0.29) is 5.69 Å². The van der Waals surface area contributed by atoms with Crippen molar-refractivity contribution < 1.29 is 19.8 Å². The first-order valence-corrected chi connectivity index (χ1v) is 4.34. The topological polar surface area (TPSA) is 106 Å². The third kappa shape index (κ3) is 3.33. The Morgan fingerprint density at radius 2 is 1.81 bits per heavy atom. The molecule has 0 amide bonds. The Bertz CT molecular complexity index is 401. The van der Waals surface area contributed by atoms with Crippen LogP contribution in [0.3, 0.4) is 0 Å². The van der Waals surface area contributed by atoms with Crippen LogP contribution in [0.1, 0.15) is 20.8 Å². The van der Waals surface area contributed by atoms with Gasteiger partial charge in [-0.05, 0) is 18.2 Å². The number of aromatic carboxylic acids is 2. The molecule has 0 unspecified atom stereocenters. The summed E-state index contributed by atoms with van der Waals surface area (Å²) in [7, 11) is 0. The van der Waals surface area contributed by atoms with Crippen LogP contribution in [0.5, 0.6) is 0 Å². The smallest absolute Gasteiger partial charge is 0.352 e. The zero-order valence-corrected chi connectivity index (χ0v) is 8.18. The van der Waals surface area contributed by atoms with Gasteiger partial charge >= 0.3 is 11.9 Å². The van der Waals surface area contributed by atoms with Gasteiger partial charge in [-0.1, -0.05) is 0 Å². The minimum atomic E-state index is -0.921. The van der Waals surface area contributed by atoms with Gasteiger partial charge in [-0.2, -0.15) is 0 Å². The molecule has 2 rings (SSSR count). The molecule has 6 heteroatoms. The molecule has 0 atom stereocenters. The summed E-state index contributed by atoms with van der Waals surface area (Å²) < 4.78 is 0. The molecule has 2 aromatic rings. The second-order valence-electron chi connectivity index (χ2n) is 2.79. The lowest BCUT2D eigenvalue weighted by Crippen LogP contribution is -1.94. The molecule has 0 bridgehead atoms. The van der Waals surface area contributed by atoms with Gasteiger partial charge in [-0.15, -0.1) is 0 Å². The number of carboxylic acid groups (broad SMARTS) is 2. The quantitative estimate of drug-likeness (QED) is 0.616. The summed E-state index contributed by atoms with van der Waals surface area (Å²) in [5.74, 6) is -1.82. The van der Waals surface area contributed by atoms with E-state index in [2.05, 4.69) is 9.97 Å². The van der Waals surface area contributed by atoms with Crippen LogP contribution in [0.15, 0.2) is 36.8 Å². The molecular weight excluding hydrogens is 212 g/mol. The minimum Gasteiger partial charge on any atom is -0.478 e. The molecule has 0 aliphatic carbocycles. The normalized spacial score (nSPS) is 9.00. The highest BCUT2D eigenvalue weighted by atomic mass is 16.4. The van der Waals surface area contributed by atoms with Gasteiger partial charge in [0.2, 0.25) is 0 Å². The molecule has 0 aliphatic rings. The molecule has 0 aliphatic heterocycles. The van der Waals surface area contributed by atoms with E-state index in [1.807, 2.05) is 0 Å². The van der Waals surface area contributed by atoms with Crippen LogP contribution < -0.4 is 0 Å². The van der Waals surface area contributed by atoms with Crippen molar-refractivity contribution in [2.75, 3.05) is 0 Å². The van der Waals surface area contributed by atoms with Crippen LogP contribution in [-0.2, 0) is 0 Å². The number of aromatic amines is 2. The van der Waals surface area contributed by atoms with Crippen LogP contribution in [-0.4, -0.2) is 32.1 Å². The Morgan fingerprint density at radius 3 is 2.06 bits per heavy atom. The van der Waals surface area contributed by atoms with Gasteiger partial charge in [0.05, 0.1) is 5.56 Å². The third-order valence-corrected chi connectivity index (χ3v) is 1.67. The number of carboxylic acids is 2. The van der Waals surface area contributed by atoms with Crippen LogP contribution in [0.25, 0.3) is 0 Å². The van der Waals surface area contributed by atoms with E-state index in [1.165, 1.54) is 18.3 Å². The van der Waals surface area contributed by atoms with E-state index in [0.717, 1.165) is 0 Å². The maximum atomic E-state index is 10.0. The first kappa shape index (κ1) is 11.6. The average molecular weight is 222 g/mol. The Labute approximate surface area is 90.6 Å². The lowest BCUT2D eigenvalue weighted by molar-refractivity contribution is 0.0683. The number of hydrogen-bond acceptors (Lipinski definition) is 2. The summed E-state index contributed by atoms with van der Waals surface area (Å²) in [6, 6.07) is 4.65. The molecule has 0 aromatic carbocycles. The number of nitrogens with one attached hydrogen (secondary N) is 2. The predicted octanol–water partition coefficient (Wildman–Crippen LogP) is 1.43. The highest BCUT2D eigenvalue weighted by Crippen LogP contribution is 1.93. The number of rotatable bonds is 2. The average Bonchev–Trinajstić information content (AvgIpc) is 2.93. The Kier molecular flexibility index (Phi) is 3.90. The lowest BCUT2D eigenvalue weighted by Gasteiger charge is -1.80. The number of H-pyrrole nitrogens is 2. The molecule has 16 heavy (non-hydrogen) atoms. The largest absolute Gasteiger partial charge is 0.478 e. The van der Waals surface area contributed by atoms with Gasteiger partial charge in [0.15, 0.2) is 0 Å². The maximum absolute atomic E-state index is 10.0. The molecule has 4 N–H and O–H groups in total. The molecule has 2 heterocycles. The summed E-state index contributed by atoms with van der Waals surface area (Å²) in [5, 5.41) is 16.5. The van der Waals surface area contributed by atoms with Gasteiger partial charge in [-0.3, -0.25) is 0 Å². The Hall–Kier alpha value is -2.50. The van der Waals surface area contributed by atoms with Crippen LogP contribution in [0.2, 0.25) is 0 Å². The fourth-order valence-electron chi connectivity index (χ4n) is 0.920. The number of aromatic nitrogens is 2. The third-order valence-electron chi connectivity index (χ3n) is 1.67. The SMILES string of the molecule is O=C(O)c1cc[nH]c1.O=C(O)c1ccc[nH]1. The molecule has 0 saturated carbocycles. The molecule has 6 nitrogen and oxygen atoms in total. The summed E-state index contributed by atoms with van der Waals surface area (Å²) in [6.07, 6.45) is 4.58. The van der Waals surface area contributed by atoms with Crippen molar-refractivity contribution in [3.63, 3.8) is 0 Å². The minimum absolute atomic E-state index is 0.227. The molecule has 84 valence electrons. The highest BCUT2D eigenvalue weighted by Gasteiger charge is 1.98. The zero-order valence-electron chi connectivity index (χ0n) is 8.18. The van der Waals surface area contributed by atoms with Gasteiger partial charge < -0.3 is 20.2 Å². The van der Waals surface area contributed by atoms with Crippen LogP contribution in [0, 0.1) is 0 Å². The van der Waals surface area contributed by atoms with E-state index in [9.17, 15) is 9.59 Å². The molecular formula is C10H10N2O4. The van der Waals surface area contributed by atoms with Crippen molar-refractivity contribution in [3.8, 4) is 0 Å². The maximum Gasteiger partial charge on any atom is 0.352 e. The fraction of sp³-hybridized carbons (Fsp3) is 0. The van der Waals surface area contributed by atoms with Crippen molar-refractivity contribution in [3.05, 3.63) is 48.0 Å². The predicted molar refractivity (Wildman–Crippen MR) is 55.5 cm³/mol. The number of carbonyl (C=O) groups is 2. The van der Waals surface area contributed by atoms with Crippen molar-refractivity contribution in [2.45, 2.75) is 0 Å². The fourth-order valence-corrected chi connectivity index (χ4v) is 0.920. The lowest BCUT2D eigenvalue weighted by atomic mass is 10.4. The zero-order chi connectivity index (χ0) is 12.0. The highest BCUT2D eigenvalue weighted by molar-refractivity contribution is 5.87. The molecule has 2 aromatic heterocycles. The summed E-state index contributed by atoms with van der Waals surface area (Å²) >= 11 is 0.